The molecule has 7 heteroatoms. The normalized spacial score (nSPS) is 19.9. The maximum atomic E-state index is 12.0. The number of rotatable bonds is 5. The molecule has 1 aromatic carbocycles. The number of carbonyl (C=O) groups excluding carboxylic acids is 1. The minimum atomic E-state index is -0.610. The predicted octanol–water partition coefficient (Wildman–Crippen LogP) is 3.63. The van der Waals surface area contributed by atoms with Crippen molar-refractivity contribution in [1.82, 2.24) is 0 Å². The van der Waals surface area contributed by atoms with Gasteiger partial charge in [0.05, 0.1) is 36.9 Å². The largest absolute Gasteiger partial charge is 0.495 e. The Morgan fingerprint density at radius 3 is 2.29 bits per heavy atom. The summed E-state index contributed by atoms with van der Waals surface area (Å²) in [5.41, 5.74) is -0.246. The number of carbonyl (C=O) groups is 1. The van der Waals surface area contributed by atoms with Gasteiger partial charge in [-0.05, 0) is 39.3 Å². The number of hydrogen-bond acceptors (Lipinski definition) is 5. The third kappa shape index (κ3) is 3.56. The zero-order valence-corrected chi connectivity index (χ0v) is 15.8. The number of benzene rings is 1. The number of esters is 1. The van der Waals surface area contributed by atoms with E-state index in [0.717, 1.165) is 5.56 Å². The van der Waals surface area contributed by atoms with Gasteiger partial charge in [0, 0.05) is 5.82 Å². The fourth-order valence-electron chi connectivity index (χ4n) is 2.70. The smallest absolute Gasteiger partial charge is 0.466 e. The SMILES string of the molecule is COC(=O)CC(B1OC(C)(C)C(C)(C)O1)c1cccc(Cl)c1OC. The van der Waals surface area contributed by atoms with Crippen molar-refractivity contribution in [1.29, 1.82) is 0 Å². The fraction of sp³-hybridized carbons (Fsp3) is 0.588. The first kappa shape index (κ1) is 19.1. The van der Waals surface area contributed by atoms with Crippen molar-refractivity contribution in [2.24, 2.45) is 0 Å². The second-order valence-electron chi connectivity index (χ2n) is 6.87. The van der Waals surface area contributed by atoms with Crippen LogP contribution in [0, 0.1) is 0 Å². The highest BCUT2D eigenvalue weighted by molar-refractivity contribution is 6.48. The molecule has 0 spiro atoms. The summed E-state index contributed by atoms with van der Waals surface area (Å²) in [4.78, 5) is 12.0. The Balaban J connectivity index is 2.44. The van der Waals surface area contributed by atoms with E-state index in [0.29, 0.717) is 10.8 Å². The molecular weight excluding hydrogens is 330 g/mol. The van der Waals surface area contributed by atoms with E-state index < -0.39 is 24.1 Å². The Bertz CT molecular complexity index is 601. The first-order valence-electron chi connectivity index (χ1n) is 7.88. The van der Waals surface area contributed by atoms with Crippen LogP contribution in [0.5, 0.6) is 5.75 Å². The van der Waals surface area contributed by atoms with Gasteiger partial charge >= 0.3 is 13.1 Å². The van der Waals surface area contributed by atoms with Crippen LogP contribution in [0.25, 0.3) is 0 Å². The van der Waals surface area contributed by atoms with Crippen LogP contribution >= 0.6 is 11.6 Å². The second-order valence-corrected chi connectivity index (χ2v) is 7.28. The second kappa shape index (κ2) is 6.94. The summed E-state index contributed by atoms with van der Waals surface area (Å²) in [7, 11) is 2.30. The molecule has 0 aromatic heterocycles. The van der Waals surface area contributed by atoms with Crippen molar-refractivity contribution < 1.29 is 23.6 Å². The minimum Gasteiger partial charge on any atom is -0.495 e. The van der Waals surface area contributed by atoms with Crippen LogP contribution in [-0.2, 0) is 18.8 Å². The Morgan fingerprint density at radius 2 is 1.79 bits per heavy atom. The summed E-state index contributed by atoms with van der Waals surface area (Å²) in [6.07, 6.45) is 0.101. The van der Waals surface area contributed by atoms with Crippen molar-refractivity contribution in [3.8, 4) is 5.75 Å². The van der Waals surface area contributed by atoms with Gasteiger partial charge in [0.1, 0.15) is 5.75 Å². The molecule has 0 saturated carbocycles. The Morgan fingerprint density at radius 1 is 1.21 bits per heavy atom. The van der Waals surface area contributed by atoms with Crippen LogP contribution < -0.4 is 4.74 Å². The van der Waals surface area contributed by atoms with E-state index in [1.54, 1.807) is 13.2 Å². The summed E-state index contributed by atoms with van der Waals surface area (Å²) in [5.74, 6) is -0.230. The van der Waals surface area contributed by atoms with E-state index in [-0.39, 0.29) is 12.4 Å². The molecular formula is C17H24BClO5. The molecule has 1 aromatic rings. The summed E-state index contributed by atoms with van der Waals surface area (Å²) >= 11 is 6.24. The Kier molecular flexibility index (Phi) is 5.52. The maximum Gasteiger partial charge on any atom is 0.466 e. The van der Waals surface area contributed by atoms with Crippen LogP contribution in [0.3, 0.4) is 0 Å². The van der Waals surface area contributed by atoms with Gasteiger partial charge in [0.25, 0.3) is 0 Å². The number of ether oxygens (including phenoxy) is 2. The van der Waals surface area contributed by atoms with E-state index in [1.165, 1.54) is 7.11 Å². The van der Waals surface area contributed by atoms with Crippen molar-refractivity contribution in [3.63, 3.8) is 0 Å². The number of methoxy groups -OCH3 is 2. The van der Waals surface area contributed by atoms with Gasteiger partial charge in [0.15, 0.2) is 0 Å². The van der Waals surface area contributed by atoms with Gasteiger partial charge in [0.2, 0.25) is 0 Å². The predicted molar refractivity (Wildman–Crippen MR) is 93.5 cm³/mol. The molecule has 0 bridgehead atoms. The molecule has 1 aliphatic heterocycles. The standard InChI is InChI=1S/C17H24BClO5/c1-16(2)17(3,4)24-18(23-16)12(10-14(20)21-5)11-8-7-9-13(19)15(11)22-6/h7-9,12H,10H2,1-6H3. The molecule has 1 aliphatic rings. The average molecular weight is 355 g/mol. The molecule has 2 rings (SSSR count). The molecule has 5 nitrogen and oxygen atoms in total. The lowest BCUT2D eigenvalue weighted by Gasteiger charge is -2.32. The summed E-state index contributed by atoms with van der Waals surface area (Å²) in [6, 6.07) is 5.42. The number of halogens is 1. The van der Waals surface area contributed by atoms with Gasteiger partial charge in [-0.3, -0.25) is 4.79 Å². The maximum absolute atomic E-state index is 12.0. The van der Waals surface area contributed by atoms with E-state index in [4.69, 9.17) is 30.4 Å². The Hall–Kier alpha value is -1.24. The van der Waals surface area contributed by atoms with Gasteiger partial charge in [-0.1, -0.05) is 23.7 Å². The molecule has 0 aliphatic carbocycles. The summed E-state index contributed by atoms with van der Waals surface area (Å²) in [5, 5.41) is 0.474. The lowest BCUT2D eigenvalue weighted by molar-refractivity contribution is -0.140. The molecule has 1 atom stereocenters. The molecule has 132 valence electrons. The molecule has 24 heavy (non-hydrogen) atoms. The molecule has 0 radical (unpaired) electrons. The van der Waals surface area contributed by atoms with Crippen LogP contribution in [-0.4, -0.2) is 38.5 Å². The molecule has 0 N–H and O–H groups in total. The molecule has 1 heterocycles. The van der Waals surface area contributed by atoms with Gasteiger partial charge in [-0.15, -0.1) is 0 Å². The molecule has 0 amide bonds. The fourth-order valence-corrected chi connectivity index (χ4v) is 2.96. The first-order valence-corrected chi connectivity index (χ1v) is 8.25. The van der Waals surface area contributed by atoms with Crippen molar-refractivity contribution in [2.45, 2.75) is 51.1 Å². The molecule has 1 unspecified atom stereocenters. The van der Waals surface area contributed by atoms with Crippen molar-refractivity contribution in [2.75, 3.05) is 14.2 Å². The molecule has 1 saturated heterocycles. The highest BCUT2D eigenvalue weighted by Crippen LogP contribution is 2.44. The van der Waals surface area contributed by atoms with Gasteiger partial charge in [-0.25, -0.2) is 0 Å². The zero-order chi connectivity index (χ0) is 18.1. The van der Waals surface area contributed by atoms with Gasteiger partial charge < -0.3 is 18.8 Å². The third-order valence-corrected chi connectivity index (χ3v) is 5.11. The van der Waals surface area contributed by atoms with E-state index in [9.17, 15) is 4.79 Å². The summed E-state index contributed by atoms with van der Waals surface area (Å²) < 4.78 is 22.6. The first-order chi connectivity index (χ1) is 11.1. The van der Waals surface area contributed by atoms with E-state index in [1.807, 2.05) is 39.8 Å². The Labute approximate surface area is 148 Å². The van der Waals surface area contributed by atoms with Crippen LogP contribution in [0.1, 0.15) is 45.5 Å². The number of para-hydroxylation sites is 1. The zero-order valence-electron chi connectivity index (χ0n) is 15.0. The highest BCUT2D eigenvalue weighted by Gasteiger charge is 2.54. The lowest BCUT2D eigenvalue weighted by Crippen LogP contribution is -2.41. The topological polar surface area (TPSA) is 54.0 Å². The monoisotopic (exact) mass is 354 g/mol. The van der Waals surface area contributed by atoms with Crippen LogP contribution in [0.2, 0.25) is 5.02 Å². The quantitative estimate of drug-likeness (QED) is 0.597. The minimum absolute atomic E-state index is 0.101. The lowest BCUT2D eigenvalue weighted by atomic mass is 9.66. The van der Waals surface area contributed by atoms with Gasteiger partial charge in [-0.2, -0.15) is 0 Å². The van der Waals surface area contributed by atoms with Crippen LogP contribution in [0.4, 0.5) is 0 Å². The molecule has 1 fully saturated rings. The third-order valence-electron chi connectivity index (χ3n) is 4.82. The summed E-state index contributed by atoms with van der Waals surface area (Å²) in [6.45, 7) is 7.88. The average Bonchev–Trinajstić information content (AvgIpc) is 2.72. The van der Waals surface area contributed by atoms with E-state index in [2.05, 4.69) is 0 Å². The van der Waals surface area contributed by atoms with E-state index >= 15 is 0 Å². The van der Waals surface area contributed by atoms with Crippen LogP contribution in [0.15, 0.2) is 18.2 Å². The van der Waals surface area contributed by atoms with Crippen molar-refractivity contribution >= 4 is 24.7 Å². The number of hydrogen-bond donors (Lipinski definition) is 0. The van der Waals surface area contributed by atoms with Crippen molar-refractivity contribution in [3.05, 3.63) is 28.8 Å². The highest BCUT2D eigenvalue weighted by atomic mass is 35.5.